The summed E-state index contributed by atoms with van der Waals surface area (Å²) in [6.45, 7) is 0.493. The third-order valence-electron chi connectivity index (χ3n) is 2.96. The Morgan fingerprint density at radius 1 is 1.18 bits per heavy atom. The van der Waals surface area contributed by atoms with E-state index in [0.29, 0.717) is 12.6 Å². The number of nitrogens with two attached hydrogens (primary N) is 2. The zero-order chi connectivity index (χ0) is 12.1. The predicted molar refractivity (Wildman–Crippen MR) is 68.3 cm³/mol. The van der Waals surface area contributed by atoms with Crippen LogP contribution < -0.4 is 11.5 Å². The lowest BCUT2D eigenvalue weighted by atomic mass is 10.1. The molecule has 3 heteroatoms. The van der Waals surface area contributed by atoms with E-state index in [1.54, 1.807) is 6.26 Å². The summed E-state index contributed by atoms with van der Waals surface area (Å²) < 4.78 is 4.86. The van der Waals surface area contributed by atoms with Gasteiger partial charge in [0.25, 0.3) is 0 Å². The highest BCUT2D eigenvalue weighted by atomic mass is 16.3. The van der Waals surface area contributed by atoms with E-state index < -0.39 is 0 Å². The van der Waals surface area contributed by atoms with Crippen LogP contribution in [0.2, 0.25) is 0 Å². The number of benzene rings is 1. The highest BCUT2D eigenvalue weighted by Crippen LogP contribution is 2.28. The molecule has 1 unspecified atom stereocenters. The van der Waals surface area contributed by atoms with E-state index in [0.717, 1.165) is 18.6 Å². The van der Waals surface area contributed by atoms with Gasteiger partial charge in [-0.2, -0.15) is 0 Å². The summed E-state index contributed by atoms with van der Waals surface area (Å²) in [5.41, 5.74) is 13.8. The van der Waals surface area contributed by atoms with Crippen LogP contribution in [0, 0.1) is 0 Å². The maximum absolute atomic E-state index is 5.85. The summed E-state index contributed by atoms with van der Waals surface area (Å²) >= 11 is 0. The lowest BCUT2D eigenvalue weighted by molar-refractivity contribution is 0.512. The van der Waals surface area contributed by atoms with Gasteiger partial charge in [-0.05, 0) is 36.1 Å². The molecule has 4 N–H and O–H groups in total. The van der Waals surface area contributed by atoms with Crippen molar-refractivity contribution in [2.45, 2.75) is 25.4 Å². The maximum atomic E-state index is 5.85. The number of aryl methyl sites for hydroxylation is 1. The van der Waals surface area contributed by atoms with Gasteiger partial charge in [-0.15, -0.1) is 0 Å². The third kappa shape index (κ3) is 2.96. The molecule has 90 valence electrons. The minimum absolute atomic E-state index is 0.302. The van der Waals surface area contributed by atoms with E-state index in [2.05, 4.69) is 24.3 Å². The molecular weight excluding hydrogens is 212 g/mol. The van der Waals surface area contributed by atoms with Crippen LogP contribution in [0.15, 0.2) is 47.1 Å². The Kier molecular flexibility index (Phi) is 3.96. The molecule has 2 aromatic rings. The first-order valence-electron chi connectivity index (χ1n) is 5.87. The quantitative estimate of drug-likeness (QED) is 0.790. The normalized spacial score (nSPS) is 17.2. The van der Waals surface area contributed by atoms with Crippen LogP contribution in [0.1, 0.15) is 29.3 Å². The Bertz CT molecular complexity index is 451. The molecule has 1 aromatic heterocycles. The van der Waals surface area contributed by atoms with Crippen molar-refractivity contribution in [3.63, 3.8) is 0 Å². The van der Waals surface area contributed by atoms with Crippen molar-refractivity contribution >= 4 is 0 Å². The van der Waals surface area contributed by atoms with Crippen LogP contribution in [0.5, 0.6) is 0 Å². The molecule has 0 saturated heterocycles. The molecule has 17 heavy (non-hydrogen) atoms. The summed E-state index contributed by atoms with van der Waals surface area (Å²) in [6.07, 6.45) is 3.90. The summed E-state index contributed by atoms with van der Waals surface area (Å²) in [7, 11) is 0. The lowest BCUT2D eigenvalue weighted by Gasteiger charge is -2.01. The molecule has 1 aromatic carbocycles. The summed E-state index contributed by atoms with van der Waals surface area (Å²) in [5.74, 6) is 0.833. The molecule has 1 aliphatic rings. The third-order valence-corrected chi connectivity index (χ3v) is 2.96. The van der Waals surface area contributed by atoms with Crippen molar-refractivity contribution in [3.05, 3.63) is 59.5 Å². The second-order valence-electron chi connectivity index (χ2n) is 4.13. The lowest BCUT2D eigenvalue weighted by Crippen LogP contribution is -2.04. The van der Waals surface area contributed by atoms with Crippen molar-refractivity contribution in [1.29, 1.82) is 0 Å². The van der Waals surface area contributed by atoms with Gasteiger partial charge in [-0.1, -0.05) is 24.3 Å². The molecule has 0 fully saturated rings. The SMILES string of the molecule is NC1CCc2ccccc21.NCc1ccco1. The molecule has 1 aliphatic carbocycles. The van der Waals surface area contributed by atoms with Crippen LogP contribution >= 0.6 is 0 Å². The van der Waals surface area contributed by atoms with E-state index in [1.165, 1.54) is 11.1 Å². The second kappa shape index (κ2) is 5.66. The standard InChI is InChI=1S/C9H11N.C5H7NO/c10-9-6-5-7-3-1-2-4-8(7)9;6-4-5-2-1-3-7-5/h1-4,9H,5-6,10H2;1-3H,4,6H2. The van der Waals surface area contributed by atoms with Gasteiger partial charge in [0, 0.05) is 6.04 Å². The van der Waals surface area contributed by atoms with Crippen LogP contribution in [0.25, 0.3) is 0 Å². The predicted octanol–water partition coefficient (Wildman–Crippen LogP) is 2.37. The van der Waals surface area contributed by atoms with Crippen LogP contribution in [-0.4, -0.2) is 0 Å². The minimum atomic E-state index is 0.302. The molecule has 1 atom stereocenters. The average molecular weight is 230 g/mol. The topological polar surface area (TPSA) is 65.2 Å². The van der Waals surface area contributed by atoms with Crippen LogP contribution in [-0.2, 0) is 13.0 Å². The van der Waals surface area contributed by atoms with Crippen molar-refractivity contribution in [3.8, 4) is 0 Å². The summed E-state index contributed by atoms with van der Waals surface area (Å²) in [6, 6.07) is 12.4. The first-order valence-corrected chi connectivity index (χ1v) is 5.87. The van der Waals surface area contributed by atoms with Crippen molar-refractivity contribution in [1.82, 2.24) is 0 Å². The number of hydrogen-bond acceptors (Lipinski definition) is 3. The number of hydrogen-bond donors (Lipinski definition) is 2. The Labute approximate surface area is 101 Å². The fourth-order valence-electron chi connectivity index (χ4n) is 2.02. The van der Waals surface area contributed by atoms with Gasteiger partial charge in [0.1, 0.15) is 5.76 Å². The maximum Gasteiger partial charge on any atom is 0.117 e. The van der Waals surface area contributed by atoms with Crippen LogP contribution in [0.4, 0.5) is 0 Å². The minimum Gasteiger partial charge on any atom is -0.468 e. The van der Waals surface area contributed by atoms with Gasteiger partial charge in [-0.25, -0.2) is 0 Å². The van der Waals surface area contributed by atoms with Gasteiger partial charge in [-0.3, -0.25) is 0 Å². The average Bonchev–Trinajstić information content (AvgIpc) is 3.01. The highest BCUT2D eigenvalue weighted by molar-refractivity contribution is 5.33. The molecule has 0 saturated carbocycles. The van der Waals surface area contributed by atoms with Gasteiger partial charge in [0.15, 0.2) is 0 Å². The Morgan fingerprint density at radius 3 is 2.59 bits per heavy atom. The van der Waals surface area contributed by atoms with Gasteiger partial charge < -0.3 is 15.9 Å². The van der Waals surface area contributed by atoms with Crippen LogP contribution in [0.3, 0.4) is 0 Å². The Morgan fingerprint density at radius 2 is 2.00 bits per heavy atom. The molecule has 0 spiro atoms. The number of rotatable bonds is 1. The first-order chi connectivity index (χ1) is 8.31. The van der Waals surface area contributed by atoms with E-state index in [1.807, 2.05) is 12.1 Å². The van der Waals surface area contributed by atoms with Gasteiger partial charge >= 0.3 is 0 Å². The fourth-order valence-corrected chi connectivity index (χ4v) is 2.02. The molecule has 1 heterocycles. The molecule has 3 rings (SSSR count). The number of furan rings is 1. The van der Waals surface area contributed by atoms with E-state index >= 15 is 0 Å². The highest BCUT2D eigenvalue weighted by Gasteiger charge is 2.16. The van der Waals surface area contributed by atoms with Crippen molar-refractivity contribution in [2.24, 2.45) is 11.5 Å². The van der Waals surface area contributed by atoms with E-state index in [9.17, 15) is 0 Å². The monoisotopic (exact) mass is 230 g/mol. The van der Waals surface area contributed by atoms with Gasteiger partial charge in [0.05, 0.1) is 12.8 Å². The summed E-state index contributed by atoms with van der Waals surface area (Å²) in [4.78, 5) is 0. The molecule has 0 aliphatic heterocycles. The van der Waals surface area contributed by atoms with E-state index in [4.69, 9.17) is 15.9 Å². The molecule has 3 nitrogen and oxygen atoms in total. The van der Waals surface area contributed by atoms with Crippen molar-refractivity contribution in [2.75, 3.05) is 0 Å². The zero-order valence-corrected chi connectivity index (χ0v) is 9.80. The molecule has 0 bridgehead atoms. The zero-order valence-electron chi connectivity index (χ0n) is 9.80. The van der Waals surface area contributed by atoms with Crippen molar-refractivity contribution < 1.29 is 4.42 Å². The molecular formula is C14H18N2O. The Hall–Kier alpha value is -1.58. The van der Waals surface area contributed by atoms with Gasteiger partial charge in [0.2, 0.25) is 0 Å². The number of fused-ring (bicyclic) bond motifs is 1. The fraction of sp³-hybridized carbons (Fsp3) is 0.286. The smallest absolute Gasteiger partial charge is 0.117 e. The summed E-state index contributed by atoms with van der Waals surface area (Å²) in [5, 5.41) is 0. The second-order valence-corrected chi connectivity index (χ2v) is 4.13. The first kappa shape index (κ1) is 11.9. The molecule has 0 amide bonds. The molecule has 0 radical (unpaired) electrons. The Balaban J connectivity index is 0.000000136. The van der Waals surface area contributed by atoms with E-state index in [-0.39, 0.29) is 0 Å². The largest absolute Gasteiger partial charge is 0.468 e.